The quantitative estimate of drug-likeness (QED) is 0.882. The molecule has 2 amide bonds. The summed E-state index contributed by atoms with van der Waals surface area (Å²) in [5.74, 6) is 1.10. The molecule has 0 radical (unpaired) electrons. The van der Waals surface area contributed by atoms with Crippen LogP contribution in [0.1, 0.15) is 18.5 Å². The first-order chi connectivity index (χ1) is 12.6. The van der Waals surface area contributed by atoms with Crippen molar-refractivity contribution in [2.75, 3.05) is 19.9 Å². The third kappa shape index (κ3) is 3.37. The second-order valence-electron chi connectivity index (χ2n) is 6.45. The van der Waals surface area contributed by atoms with Crippen LogP contribution >= 0.6 is 11.3 Å². The maximum atomic E-state index is 12.5. The smallest absolute Gasteiger partial charge is 0.231 e. The molecule has 7 nitrogen and oxygen atoms in total. The van der Waals surface area contributed by atoms with Gasteiger partial charge in [-0.25, -0.2) is 4.98 Å². The first kappa shape index (κ1) is 16.8. The largest absolute Gasteiger partial charge is 0.454 e. The van der Waals surface area contributed by atoms with Crippen molar-refractivity contribution >= 4 is 23.2 Å². The zero-order valence-corrected chi connectivity index (χ0v) is 15.0. The number of primary amides is 1. The van der Waals surface area contributed by atoms with Gasteiger partial charge in [-0.3, -0.25) is 9.59 Å². The lowest BCUT2D eigenvalue weighted by atomic mass is 9.96. The molecule has 2 aliphatic rings. The Morgan fingerprint density at radius 3 is 2.77 bits per heavy atom. The van der Waals surface area contributed by atoms with Crippen LogP contribution in [0.15, 0.2) is 23.6 Å². The average Bonchev–Trinajstić information content (AvgIpc) is 3.30. The summed E-state index contributed by atoms with van der Waals surface area (Å²) in [6, 6.07) is 5.71. The van der Waals surface area contributed by atoms with Gasteiger partial charge in [0, 0.05) is 30.0 Å². The molecular weight excluding hydrogens is 354 g/mol. The Balaban J connectivity index is 1.39. The first-order valence-corrected chi connectivity index (χ1v) is 9.39. The Labute approximate surface area is 154 Å². The van der Waals surface area contributed by atoms with Crippen molar-refractivity contribution in [3.8, 4) is 22.1 Å². The maximum Gasteiger partial charge on any atom is 0.231 e. The minimum Gasteiger partial charge on any atom is -0.454 e. The number of hydrogen-bond acceptors (Lipinski definition) is 6. The van der Waals surface area contributed by atoms with Gasteiger partial charge in [0.25, 0.3) is 0 Å². The summed E-state index contributed by atoms with van der Waals surface area (Å²) in [5.41, 5.74) is 7.04. The Hall–Kier alpha value is -2.61. The van der Waals surface area contributed by atoms with Crippen molar-refractivity contribution in [1.82, 2.24) is 9.88 Å². The number of carbonyl (C=O) groups excluding carboxylic acids is 2. The number of piperidine rings is 1. The summed E-state index contributed by atoms with van der Waals surface area (Å²) in [4.78, 5) is 30.1. The molecule has 0 aliphatic carbocycles. The van der Waals surface area contributed by atoms with Crippen molar-refractivity contribution in [3.63, 3.8) is 0 Å². The van der Waals surface area contributed by atoms with Crippen molar-refractivity contribution in [3.05, 3.63) is 29.3 Å². The number of amides is 2. The van der Waals surface area contributed by atoms with Gasteiger partial charge in [0.1, 0.15) is 5.01 Å². The number of nitrogens with zero attached hydrogens (tertiary/aromatic N) is 2. The van der Waals surface area contributed by atoms with Crippen molar-refractivity contribution in [2.45, 2.75) is 19.3 Å². The van der Waals surface area contributed by atoms with Gasteiger partial charge in [-0.05, 0) is 31.0 Å². The molecule has 0 bridgehead atoms. The molecular formula is C18H19N3O4S. The molecule has 3 heterocycles. The van der Waals surface area contributed by atoms with Crippen LogP contribution in [0.2, 0.25) is 0 Å². The van der Waals surface area contributed by atoms with Crippen LogP contribution in [0.25, 0.3) is 10.6 Å². The highest BCUT2D eigenvalue weighted by Gasteiger charge is 2.26. The first-order valence-electron chi connectivity index (χ1n) is 8.51. The SMILES string of the molecule is NC(=O)C1CCN(C(=O)Cc2csc(-c3ccc4c(c3)OCO4)n2)CC1. The predicted molar refractivity (Wildman–Crippen MR) is 95.9 cm³/mol. The Kier molecular flexibility index (Phi) is 4.50. The van der Waals surface area contributed by atoms with E-state index < -0.39 is 0 Å². The highest BCUT2D eigenvalue weighted by molar-refractivity contribution is 7.13. The summed E-state index contributed by atoms with van der Waals surface area (Å²) < 4.78 is 10.7. The maximum absolute atomic E-state index is 12.5. The van der Waals surface area contributed by atoms with Crippen LogP contribution in [0.4, 0.5) is 0 Å². The standard InChI is InChI=1S/C18H19N3O4S/c19-17(23)11-3-5-21(6-4-11)16(22)8-13-9-26-18(20-13)12-1-2-14-15(7-12)25-10-24-14/h1-2,7,9,11H,3-6,8,10H2,(H2,19,23). The van der Waals surface area contributed by atoms with E-state index >= 15 is 0 Å². The van der Waals surface area contributed by atoms with Crippen molar-refractivity contribution in [2.24, 2.45) is 11.7 Å². The van der Waals surface area contributed by atoms with Crippen LogP contribution < -0.4 is 15.2 Å². The molecule has 0 atom stereocenters. The molecule has 8 heteroatoms. The predicted octanol–water partition coefficient (Wildman–Crippen LogP) is 1.81. The number of nitrogens with two attached hydrogens (primary N) is 1. The second-order valence-corrected chi connectivity index (χ2v) is 7.30. The minimum absolute atomic E-state index is 0.0375. The topological polar surface area (TPSA) is 94.8 Å². The van der Waals surface area contributed by atoms with Crippen LogP contribution in [-0.2, 0) is 16.0 Å². The van der Waals surface area contributed by atoms with Crippen molar-refractivity contribution < 1.29 is 19.1 Å². The number of aromatic nitrogens is 1. The molecule has 0 unspecified atom stereocenters. The van der Waals surface area contributed by atoms with E-state index in [0.29, 0.717) is 31.7 Å². The lowest BCUT2D eigenvalue weighted by Gasteiger charge is -2.30. The molecule has 2 N–H and O–H groups in total. The van der Waals surface area contributed by atoms with Crippen molar-refractivity contribution in [1.29, 1.82) is 0 Å². The van der Waals surface area contributed by atoms with E-state index in [4.69, 9.17) is 15.2 Å². The van der Waals surface area contributed by atoms with E-state index in [-0.39, 0.29) is 30.9 Å². The summed E-state index contributed by atoms with van der Waals surface area (Å²) in [6.07, 6.45) is 1.55. The van der Waals surface area contributed by atoms with E-state index in [0.717, 1.165) is 22.0 Å². The van der Waals surface area contributed by atoms with E-state index in [9.17, 15) is 9.59 Å². The Morgan fingerprint density at radius 2 is 2.00 bits per heavy atom. The van der Waals surface area contributed by atoms with Gasteiger partial charge in [0.15, 0.2) is 11.5 Å². The fourth-order valence-corrected chi connectivity index (χ4v) is 4.05. The number of benzene rings is 1. The molecule has 4 rings (SSSR count). The fourth-order valence-electron chi connectivity index (χ4n) is 3.23. The average molecular weight is 373 g/mol. The van der Waals surface area contributed by atoms with Gasteiger partial charge in [-0.2, -0.15) is 0 Å². The molecule has 0 saturated carbocycles. The number of thiazole rings is 1. The molecule has 2 aromatic rings. The third-order valence-corrected chi connectivity index (χ3v) is 5.69. The monoisotopic (exact) mass is 373 g/mol. The lowest BCUT2D eigenvalue weighted by molar-refractivity contribution is -0.134. The summed E-state index contributed by atoms with van der Waals surface area (Å²) in [7, 11) is 0. The van der Waals surface area contributed by atoms with E-state index in [1.54, 1.807) is 4.90 Å². The second kappa shape index (κ2) is 6.95. The van der Waals surface area contributed by atoms with Gasteiger partial charge >= 0.3 is 0 Å². The Morgan fingerprint density at radius 1 is 1.23 bits per heavy atom. The van der Waals surface area contributed by atoms with E-state index in [2.05, 4.69) is 4.98 Å². The normalized spacial score (nSPS) is 16.7. The number of ether oxygens (including phenoxy) is 2. The third-order valence-electron chi connectivity index (χ3n) is 4.75. The van der Waals surface area contributed by atoms with Crippen LogP contribution in [0.5, 0.6) is 11.5 Å². The molecule has 136 valence electrons. The van der Waals surface area contributed by atoms with Gasteiger partial charge in [0.2, 0.25) is 18.6 Å². The number of fused-ring (bicyclic) bond motifs is 1. The Bertz CT molecular complexity index is 843. The molecule has 2 aliphatic heterocycles. The van der Waals surface area contributed by atoms with Gasteiger partial charge in [0.05, 0.1) is 12.1 Å². The minimum atomic E-state index is -0.273. The summed E-state index contributed by atoms with van der Waals surface area (Å²) >= 11 is 1.50. The number of likely N-dealkylation sites (tertiary alicyclic amines) is 1. The molecule has 1 saturated heterocycles. The number of rotatable bonds is 4. The van der Waals surface area contributed by atoms with Crippen LogP contribution in [-0.4, -0.2) is 41.6 Å². The van der Waals surface area contributed by atoms with Crippen LogP contribution in [0, 0.1) is 5.92 Å². The number of carbonyl (C=O) groups is 2. The molecule has 26 heavy (non-hydrogen) atoms. The van der Waals surface area contributed by atoms with Gasteiger partial charge < -0.3 is 20.1 Å². The highest BCUT2D eigenvalue weighted by atomic mass is 32.1. The molecule has 1 aromatic carbocycles. The number of hydrogen-bond donors (Lipinski definition) is 1. The zero-order chi connectivity index (χ0) is 18.1. The van der Waals surface area contributed by atoms with Gasteiger partial charge in [-0.1, -0.05) is 0 Å². The molecule has 0 spiro atoms. The summed E-state index contributed by atoms with van der Waals surface area (Å²) in [5, 5.41) is 2.76. The lowest BCUT2D eigenvalue weighted by Crippen LogP contribution is -2.42. The van der Waals surface area contributed by atoms with Gasteiger partial charge in [-0.15, -0.1) is 11.3 Å². The van der Waals surface area contributed by atoms with E-state index in [1.807, 2.05) is 23.6 Å². The van der Waals surface area contributed by atoms with Crippen LogP contribution in [0.3, 0.4) is 0 Å². The zero-order valence-electron chi connectivity index (χ0n) is 14.1. The summed E-state index contributed by atoms with van der Waals surface area (Å²) in [6.45, 7) is 1.39. The van der Waals surface area contributed by atoms with E-state index in [1.165, 1.54) is 11.3 Å². The molecule has 1 aromatic heterocycles. The highest BCUT2D eigenvalue weighted by Crippen LogP contribution is 2.36. The fraction of sp³-hybridized carbons (Fsp3) is 0.389. The molecule has 1 fully saturated rings.